The van der Waals surface area contributed by atoms with Crippen molar-refractivity contribution >= 4 is 38.2 Å². The van der Waals surface area contributed by atoms with Crippen molar-refractivity contribution in [2.24, 2.45) is 0 Å². The van der Waals surface area contributed by atoms with E-state index in [1.165, 1.54) is 19.3 Å². The lowest BCUT2D eigenvalue weighted by atomic mass is 9.62. The molecule has 0 saturated heterocycles. The van der Waals surface area contributed by atoms with E-state index in [-0.39, 0.29) is 14.0 Å². The van der Waals surface area contributed by atoms with Crippen molar-refractivity contribution in [3.8, 4) is 0 Å². The average molecular weight is 441 g/mol. The van der Waals surface area contributed by atoms with E-state index < -0.39 is 4.87 Å². The Balaban J connectivity index is 0.00000151. The third kappa shape index (κ3) is 9.68. The number of nitrogens with one attached hydrogen (secondary N) is 2. The fourth-order valence-corrected chi connectivity index (χ4v) is 3.35. The maximum Gasteiger partial charge on any atom is 0.329 e. The predicted octanol–water partition coefficient (Wildman–Crippen LogP) is 4.90. The minimum atomic E-state index is -0.481. The van der Waals surface area contributed by atoms with Crippen LogP contribution in [0, 0.1) is 0 Å². The maximum atomic E-state index is 4.60. The van der Waals surface area contributed by atoms with Gasteiger partial charge in [0.25, 0.3) is 0 Å². The average Bonchev–Trinajstić information content (AvgIpc) is 3.18. The molecule has 168 valence electrons. The number of unbranched alkanes of at least 4 members (excludes halogenated alkanes) is 3. The van der Waals surface area contributed by atoms with Crippen LogP contribution in [0.25, 0.3) is 0 Å². The van der Waals surface area contributed by atoms with E-state index in [4.69, 9.17) is 0 Å². The molecule has 0 saturated carbocycles. The molecule has 0 aliphatic carbocycles. The molecule has 2 N–H and O–H groups in total. The van der Waals surface area contributed by atoms with Crippen LogP contribution in [0.4, 0.5) is 11.6 Å². The number of nitrogens with zero attached hydrogens (tertiary/aromatic N) is 5. The zero-order chi connectivity index (χ0) is 23.3. The van der Waals surface area contributed by atoms with Gasteiger partial charge in [-0.1, -0.05) is 76.3 Å². The zero-order valence-corrected chi connectivity index (χ0v) is 20.6. The molecule has 0 spiro atoms. The van der Waals surface area contributed by atoms with Crippen LogP contribution in [0.15, 0.2) is 49.2 Å². The molecule has 2 aromatic rings. The van der Waals surface area contributed by atoms with Gasteiger partial charge in [-0.3, -0.25) is 0 Å². The number of hydrogen-bond acceptors (Lipinski definition) is 7. The summed E-state index contributed by atoms with van der Waals surface area (Å²) in [5.41, 5.74) is 3.36. The summed E-state index contributed by atoms with van der Waals surface area (Å²) in [5.74, 6) is 0.623. The first kappa shape index (κ1) is 26.9. The lowest BCUT2D eigenvalue weighted by Crippen LogP contribution is -2.55. The van der Waals surface area contributed by atoms with Gasteiger partial charge in [-0.2, -0.15) is 4.68 Å². The van der Waals surface area contributed by atoms with Gasteiger partial charge in [0.15, 0.2) is 0 Å². The van der Waals surface area contributed by atoms with E-state index >= 15 is 0 Å². The minimum absolute atomic E-state index is 0.0493. The summed E-state index contributed by atoms with van der Waals surface area (Å²) < 4.78 is 4.12. The molecule has 0 unspecified atom stereocenters. The molecule has 0 atom stereocenters. The minimum Gasteiger partial charge on any atom is -0.415 e. The van der Waals surface area contributed by atoms with Crippen molar-refractivity contribution in [1.82, 2.24) is 24.9 Å². The van der Waals surface area contributed by atoms with Crippen LogP contribution in [-0.2, 0) is 4.87 Å². The van der Waals surface area contributed by atoms with E-state index in [0.717, 1.165) is 18.7 Å². The Bertz CT molecular complexity index is 774. The van der Waals surface area contributed by atoms with Crippen LogP contribution in [0.5, 0.6) is 0 Å². The van der Waals surface area contributed by atoms with Crippen molar-refractivity contribution in [2.75, 3.05) is 17.0 Å². The lowest BCUT2D eigenvalue weighted by Gasteiger charge is -2.32. The summed E-state index contributed by atoms with van der Waals surface area (Å²) in [4.78, 5) is -0.481. The molecular formula is C21H37B2N7S. The van der Waals surface area contributed by atoms with Crippen molar-refractivity contribution in [3.05, 3.63) is 49.2 Å². The van der Waals surface area contributed by atoms with Gasteiger partial charge >= 0.3 is 14.0 Å². The topological polar surface area (TPSA) is 70.9 Å². The van der Waals surface area contributed by atoms with Crippen molar-refractivity contribution < 1.29 is 0 Å². The number of rotatable bonds is 12. The van der Waals surface area contributed by atoms with Gasteiger partial charge in [-0.15, -0.1) is 18.4 Å². The quantitative estimate of drug-likeness (QED) is 0.189. The first-order chi connectivity index (χ1) is 14.7. The number of aromatic nitrogens is 4. The molecule has 1 heterocycles. The molecule has 1 aromatic heterocycles. The maximum absolute atomic E-state index is 4.60. The Morgan fingerprint density at radius 1 is 1.10 bits per heavy atom. The van der Waals surface area contributed by atoms with E-state index in [1.54, 1.807) is 4.68 Å². The number of tetrazole rings is 1. The molecule has 0 aliphatic rings. The van der Waals surface area contributed by atoms with Crippen LogP contribution in [0.2, 0.25) is 13.6 Å². The fraction of sp³-hybridized carbons (Fsp3) is 0.524. The van der Waals surface area contributed by atoms with Crippen LogP contribution < -0.4 is 10.5 Å². The van der Waals surface area contributed by atoms with E-state index in [1.807, 2.05) is 32.0 Å². The van der Waals surface area contributed by atoms with Crippen molar-refractivity contribution in [3.63, 3.8) is 0 Å². The molecule has 31 heavy (non-hydrogen) atoms. The first-order valence-electron chi connectivity index (χ1n) is 10.9. The third-order valence-electron chi connectivity index (χ3n) is 4.74. The molecule has 7 nitrogen and oxygen atoms in total. The van der Waals surface area contributed by atoms with Crippen LogP contribution in [0.1, 0.15) is 46.5 Å². The molecule has 0 aliphatic heterocycles. The zero-order valence-electron chi connectivity index (χ0n) is 19.7. The molecule has 0 amide bonds. The summed E-state index contributed by atoms with van der Waals surface area (Å²) in [5, 5.41) is 19.1. The van der Waals surface area contributed by atoms with Gasteiger partial charge in [0, 0.05) is 5.69 Å². The SMILES string of the molecule is C=C=C.CCCCCCN(B(C)Nc1ccccc1)B(C)Nc1nnnn1C(C)(C)S. The standard InChI is InChI=1S/C18H33B2N7S.C3H4/c1-6-7-8-12-15-26(19(4)21-16-13-10-9-11-14-16)20(5)22-17-23-24-25-27(17)18(2,3)28;1-3-2/h9-11,13-14,21,28H,6-8,12,15H2,1-5H3,(H,22,23,25);1-2H2. The number of para-hydroxylation sites is 1. The second-order valence-electron chi connectivity index (χ2n) is 7.96. The molecule has 2 rings (SSSR count). The molecule has 0 radical (unpaired) electrons. The summed E-state index contributed by atoms with van der Waals surface area (Å²) in [6, 6.07) is 10.3. The highest BCUT2D eigenvalue weighted by atomic mass is 32.1. The van der Waals surface area contributed by atoms with Crippen molar-refractivity contribution in [2.45, 2.75) is 65.0 Å². The summed E-state index contributed by atoms with van der Waals surface area (Å²) in [6.45, 7) is 17.9. The predicted molar refractivity (Wildman–Crippen MR) is 139 cm³/mol. The Morgan fingerprint density at radius 2 is 1.71 bits per heavy atom. The molecule has 10 heteroatoms. The summed E-state index contributed by atoms with van der Waals surface area (Å²) in [6.07, 6.45) is 4.89. The lowest BCUT2D eigenvalue weighted by molar-refractivity contribution is 0.473. The van der Waals surface area contributed by atoms with Gasteiger partial charge in [0.05, 0.1) is 0 Å². The number of anilines is 2. The fourth-order valence-electron chi connectivity index (χ4n) is 3.22. The smallest absolute Gasteiger partial charge is 0.329 e. The number of hydrogen-bond donors (Lipinski definition) is 3. The second kappa shape index (κ2) is 14.0. The third-order valence-corrected chi connectivity index (χ3v) is 4.93. The second-order valence-corrected chi connectivity index (χ2v) is 9.06. The van der Waals surface area contributed by atoms with Gasteiger partial charge in [-0.05, 0) is 49.4 Å². The monoisotopic (exact) mass is 441 g/mol. The van der Waals surface area contributed by atoms with Gasteiger partial charge < -0.3 is 15.2 Å². The molecule has 0 fully saturated rings. The highest BCUT2D eigenvalue weighted by Crippen LogP contribution is 2.22. The first-order valence-corrected chi connectivity index (χ1v) is 11.3. The summed E-state index contributed by atoms with van der Waals surface area (Å²) in [7, 11) is 0. The molecule has 0 bridgehead atoms. The molecule has 1 aromatic carbocycles. The van der Waals surface area contributed by atoms with E-state index in [9.17, 15) is 0 Å². The normalized spacial score (nSPS) is 10.7. The summed E-state index contributed by atoms with van der Waals surface area (Å²) >= 11 is 4.60. The highest BCUT2D eigenvalue weighted by molar-refractivity contribution is 7.81. The Labute approximate surface area is 194 Å². The van der Waals surface area contributed by atoms with E-state index in [0.29, 0.717) is 5.95 Å². The number of thiol groups is 1. The van der Waals surface area contributed by atoms with Crippen LogP contribution >= 0.6 is 12.6 Å². The van der Waals surface area contributed by atoms with Crippen molar-refractivity contribution in [1.29, 1.82) is 0 Å². The van der Waals surface area contributed by atoms with Crippen LogP contribution in [0.3, 0.4) is 0 Å². The Kier molecular flexibility index (Phi) is 12.2. The highest BCUT2D eigenvalue weighted by Gasteiger charge is 2.29. The van der Waals surface area contributed by atoms with Gasteiger partial charge in [0.2, 0.25) is 5.95 Å². The Morgan fingerprint density at radius 3 is 2.29 bits per heavy atom. The van der Waals surface area contributed by atoms with Gasteiger partial charge in [0.1, 0.15) is 4.87 Å². The molecular weight excluding hydrogens is 404 g/mol. The Hall–Kier alpha value is -2.15. The largest absolute Gasteiger partial charge is 0.415 e. The van der Waals surface area contributed by atoms with Crippen LogP contribution in [-0.4, -0.2) is 45.4 Å². The number of benzene rings is 1. The van der Waals surface area contributed by atoms with Gasteiger partial charge in [-0.25, -0.2) is 0 Å². The van der Waals surface area contributed by atoms with E-state index in [2.05, 4.69) is 94.9 Å².